The first-order valence-corrected chi connectivity index (χ1v) is 8.88. The van der Waals surface area contributed by atoms with Crippen LogP contribution in [0.15, 0.2) is 24.4 Å². The summed E-state index contributed by atoms with van der Waals surface area (Å²) < 4.78 is 13.3. The predicted octanol–water partition coefficient (Wildman–Crippen LogP) is 1.82. The number of aryl methyl sites for hydroxylation is 1. The third-order valence-corrected chi connectivity index (χ3v) is 4.26. The molecule has 1 aromatic carbocycles. The smallest absolute Gasteiger partial charge is 0.223 e. The summed E-state index contributed by atoms with van der Waals surface area (Å²) in [6.07, 6.45) is 3.36. The Labute approximate surface area is 153 Å². The van der Waals surface area contributed by atoms with Gasteiger partial charge < -0.3 is 19.7 Å². The molecule has 7 heteroatoms. The van der Waals surface area contributed by atoms with Gasteiger partial charge in [0.05, 0.1) is 18.9 Å². The number of ether oxygens (including phenoxy) is 2. The Kier molecular flexibility index (Phi) is 5.78. The van der Waals surface area contributed by atoms with Crippen LogP contribution < -0.4 is 14.8 Å². The molecule has 140 valence electrons. The second-order valence-corrected chi connectivity index (χ2v) is 6.60. The van der Waals surface area contributed by atoms with E-state index < -0.39 is 0 Å². The fraction of sp³-hybridized carbons (Fsp3) is 0.474. The zero-order valence-electron chi connectivity index (χ0n) is 15.6. The largest absolute Gasteiger partial charge is 0.490 e. The maximum atomic E-state index is 11.7. The molecule has 0 fully saturated rings. The molecule has 7 nitrogen and oxygen atoms in total. The number of carbonyl (C=O) groups is 1. The number of nitrogens with one attached hydrogen (secondary N) is 1. The first kappa shape index (κ1) is 18.3. The number of carbonyl (C=O) groups excluding carboxylic acids is 1. The predicted molar refractivity (Wildman–Crippen MR) is 99.3 cm³/mol. The standard InChI is InChI=1S/C19H26N4O3/c1-22(2)18(24)7-8-20-12-15-13-23(3)21-19(15)14-5-6-16-17(11-14)26-10-4-9-25-16/h5-6,11,13,20H,4,7-10,12H2,1-3H3. The van der Waals surface area contributed by atoms with E-state index in [9.17, 15) is 4.79 Å². The molecule has 1 aliphatic heterocycles. The summed E-state index contributed by atoms with van der Waals surface area (Å²) in [5.74, 6) is 1.66. The van der Waals surface area contributed by atoms with E-state index in [1.165, 1.54) is 0 Å². The molecule has 0 aliphatic carbocycles. The van der Waals surface area contributed by atoms with E-state index in [1.54, 1.807) is 23.7 Å². The molecule has 1 aliphatic rings. The lowest BCUT2D eigenvalue weighted by atomic mass is 10.1. The van der Waals surface area contributed by atoms with Crippen LogP contribution in [0.4, 0.5) is 0 Å². The number of hydrogen-bond acceptors (Lipinski definition) is 5. The molecule has 2 heterocycles. The number of hydrogen-bond donors (Lipinski definition) is 1. The molecule has 0 bridgehead atoms. The normalized spacial score (nSPS) is 13.3. The third-order valence-electron chi connectivity index (χ3n) is 4.26. The van der Waals surface area contributed by atoms with E-state index in [-0.39, 0.29) is 5.91 Å². The maximum Gasteiger partial charge on any atom is 0.223 e. The molecule has 1 N–H and O–H groups in total. The third kappa shape index (κ3) is 4.35. The van der Waals surface area contributed by atoms with Crippen LogP contribution in [0.1, 0.15) is 18.4 Å². The van der Waals surface area contributed by atoms with Crippen LogP contribution in [0.25, 0.3) is 11.3 Å². The van der Waals surface area contributed by atoms with Crippen molar-refractivity contribution >= 4 is 5.91 Å². The zero-order chi connectivity index (χ0) is 18.5. The minimum atomic E-state index is 0.117. The van der Waals surface area contributed by atoms with Gasteiger partial charge in [0.2, 0.25) is 5.91 Å². The highest BCUT2D eigenvalue weighted by molar-refractivity contribution is 5.75. The van der Waals surface area contributed by atoms with Gasteiger partial charge in [-0.25, -0.2) is 0 Å². The molecule has 0 saturated carbocycles. The molecule has 0 atom stereocenters. The molecule has 1 amide bonds. The summed E-state index contributed by atoms with van der Waals surface area (Å²) in [6, 6.07) is 5.94. The molecule has 0 spiro atoms. The fourth-order valence-electron chi connectivity index (χ4n) is 2.86. The number of aromatic nitrogens is 2. The highest BCUT2D eigenvalue weighted by Crippen LogP contribution is 2.34. The lowest BCUT2D eigenvalue weighted by molar-refractivity contribution is -0.128. The van der Waals surface area contributed by atoms with Gasteiger partial charge in [-0.1, -0.05) is 0 Å². The Morgan fingerprint density at radius 2 is 2.04 bits per heavy atom. The Morgan fingerprint density at radius 3 is 2.81 bits per heavy atom. The molecule has 0 unspecified atom stereocenters. The molecule has 2 aromatic rings. The first-order valence-electron chi connectivity index (χ1n) is 8.88. The van der Waals surface area contributed by atoms with Crippen molar-refractivity contribution in [1.82, 2.24) is 20.0 Å². The Hall–Kier alpha value is -2.54. The lowest BCUT2D eigenvalue weighted by Crippen LogP contribution is -2.26. The Balaban J connectivity index is 1.71. The van der Waals surface area contributed by atoms with Crippen LogP contribution in [-0.4, -0.2) is 54.4 Å². The van der Waals surface area contributed by atoms with Gasteiger partial charge in [0, 0.05) is 64.4 Å². The Bertz CT molecular complexity index is 770. The van der Waals surface area contributed by atoms with Crippen molar-refractivity contribution in [1.29, 1.82) is 0 Å². The second-order valence-electron chi connectivity index (χ2n) is 6.60. The topological polar surface area (TPSA) is 68.6 Å². The Morgan fingerprint density at radius 1 is 1.27 bits per heavy atom. The quantitative estimate of drug-likeness (QED) is 0.798. The van der Waals surface area contributed by atoms with Gasteiger partial charge >= 0.3 is 0 Å². The monoisotopic (exact) mass is 358 g/mol. The average Bonchev–Trinajstić information content (AvgIpc) is 2.84. The van der Waals surface area contributed by atoms with Crippen molar-refractivity contribution in [3.05, 3.63) is 30.0 Å². The van der Waals surface area contributed by atoms with E-state index in [4.69, 9.17) is 9.47 Å². The summed E-state index contributed by atoms with van der Waals surface area (Å²) in [7, 11) is 5.45. The van der Waals surface area contributed by atoms with Crippen LogP contribution in [0.3, 0.4) is 0 Å². The molecule has 0 saturated heterocycles. The van der Waals surface area contributed by atoms with Gasteiger partial charge in [0.1, 0.15) is 0 Å². The number of fused-ring (bicyclic) bond motifs is 1. The van der Waals surface area contributed by atoms with Crippen LogP contribution in [0.2, 0.25) is 0 Å². The number of benzene rings is 1. The van der Waals surface area contributed by atoms with Crippen LogP contribution in [0.5, 0.6) is 11.5 Å². The van der Waals surface area contributed by atoms with Gasteiger partial charge in [-0.05, 0) is 18.2 Å². The SMILES string of the molecule is CN(C)C(=O)CCNCc1cn(C)nc1-c1ccc2c(c1)OCCCO2. The van der Waals surface area contributed by atoms with Crippen LogP contribution in [-0.2, 0) is 18.4 Å². The van der Waals surface area contributed by atoms with Crippen LogP contribution >= 0.6 is 0 Å². The summed E-state index contributed by atoms with van der Waals surface area (Å²) in [4.78, 5) is 13.3. The molecule has 1 aromatic heterocycles. The summed E-state index contributed by atoms with van der Waals surface area (Å²) >= 11 is 0. The van der Waals surface area contributed by atoms with E-state index in [0.29, 0.717) is 32.7 Å². The number of rotatable bonds is 6. The molecular formula is C19H26N4O3. The van der Waals surface area contributed by atoms with Gasteiger partial charge in [0.25, 0.3) is 0 Å². The minimum Gasteiger partial charge on any atom is -0.490 e. The maximum absolute atomic E-state index is 11.7. The lowest BCUT2D eigenvalue weighted by Gasteiger charge is -2.11. The molecule has 26 heavy (non-hydrogen) atoms. The van der Waals surface area contributed by atoms with Crippen molar-refractivity contribution in [3.8, 4) is 22.8 Å². The van der Waals surface area contributed by atoms with Gasteiger partial charge in [-0.3, -0.25) is 9.48 Å². The van der Waals surface area contributed by atoms with E-state index in [2.05, 4.69) is 10.4 Å². The fourth-order valence-corrected chi connectivity index (χ4v) is 2.86. The average molecular weight is 358 g/mol. The van der Waals surface area contributed by atoms with Crippen molar-refractivity contribution in [2.24, 2.45) is 7.05 Å². The number of amides is 1. The first-order chi connectivity index (χ1) is 12.5. The summed E-state index contributed by atoms with van der Waals surface area (Å²) in [5, 5.41) is 7.93. The van der Waals surface area contributed by atoms with Crippen LogP contribution in [0, 0.1) is 0 Å². The molecule has 0 radical (unpaired) electrons. The second kappa shape index (κ2) is 8.23. The van der Waals surface area contributed by atoms with Gasteiger partial charge in [-0.15, -0.1) is 0 Å². The van der Waals surface area contributed by atoms with Crippen molar-refractivity contribution < 1.29 is 14.3 Å². The summed E-state index contributed by atoms with van der Waals surface area (Å²) in [6.45, 7) is 2.62. The van der Waals surface area contributed by atoms with E-state index in [1.807, 2.05) is 31.4 Å². The molecular weight excluding hydrogens is 332 g/mol. The van der Waals surface area contributed by atoms with E-state index >= 15 is 0 Å². The van der Waals surface area contributed by atoms with Crippen molar-refractivity contribution in [2.45, 2.75) is 19.4 Å². The summed E-state index contributed by atoms with van der Waals surface area (Å²) in [5.41, 5.74) is 2.99. The zero-order valence-corrected chi connectivity index (χ0v) is 15.6. The number of nitrogens with zero attached hydrogens (tertiary/aromatic N) is 3. The van der Waals surface area contributed by atoms with Gasteiger partial charge in [-0.2, -0.15) is 5.10 Å². The van der Waals surface area contributed by atoms with Crippen molar-refractivity contribution in [3.63, 3.8) is 0 Å². The minimum absolute atomic E-state index is 0.117. The van der Waals surface area contributed by atoms with E-state index in [0.717, 1.165) is 34.7 Å². The van der Waals surface area contributed by atoms with Crippen molar-refractivity contribution in [2.75, 3.05) is 33.9 Å². The molecule has 3 rings (SSSR count). The van der Waals surface area contributed by atoms with Gasteiger partial charge in [0.15, 0.2) is 11.5 Å². The highest BCUT2D eigenvalue weighted by Gasteiger charge is 2.15. The highest BCUT2D eigenvalue weighted by atomic mass is 16.5.